The Bertz CT molecular complexity index is 912. The first-order chi connectivity index (χ1) is 14.0. The first kappa shape index (κ1) is 20.4. The average molecular weight is 395 g/mol. The predicted octanol–water partition coefficient (Wildman–Crippen LogP) is 3.92. The number of carbonyl (C=O) groups is 3. The fourth-order valence-corrected chi connectivity index (χ4v) is 3.36. The lowest BCUT2D eigenvalue weighted by Crippen LogP contribution is -2.45. The van der Waals surface area contributed by atoms with Crippen LogP contribution in [0.4, 0.5) is 16.2 Å². The molecule has 0 saturated carbocycles. The Morgan fingerprint density at radius 2 is 1.90 bits per heavy atom. The van der Waals surface area contributed by atoms with Crippen LogP contribution in [0.1, 0.15) is 37.0 Å². The molecule has 1 fully saturated rings. The number of likely N-dealkylation sites (tertiary alicyclic amines) is 1. The lowest BCUT2D eigenvalue weighted by Gasteiger charge is -2.24. The fourth-order valence-electron chi connectivity index (χ4n) is 3.36. The standard InChI is InChI=1S/C22H25N3O4/c1-3-29-20-12-5-4-10-18(20)24-21(27)19-11-7-13-25(19)22(28)23-17-9-6-8-16(14-17)15(2)26/h4-6,8-10,12,14,19H,3,7,11,13H2,1-2H3,(H,23,28)(H,24,27). The topological polar surface area (TPSA) is 87.7 Å². The number of para-hydroxylation sites is 2. The Morgan fingerprint density at radius 3 is 2.66 bits per heavy atom. The van der Waals surface area contributed by atoms with E-state index in [1.54, 1.807) is 36.4 Å². The molecule has 1 heterocycles. The number of rotatable bonds is 6. The van der Waals surface area contributed by atoms with Crippen molar-refractivity contribution in [2.45, 2.75) is 32.7 Å². The minimum absolute atomic E-state index is 0.0764. The van der Waals surface area contributed by atoms with E-state index in [1.165, 1.54) is 11.8 Å². The molecule has 7 nitrogen and oxygen atoms in total. The summed E-state index contributed by atoms with van der Waals surface area (Å²) >= 11 is 0. The smallest absolute Gasteiger partial charge is 0.322 e. The molecule has 3 rings (SSSR count). The third-order valence-electron chi connectivity index (χ3n) is 4.78. The lowest BCUT2D eigenvalue weighted by molar-refractivity contribution is -0.119. The van der Waals surface area contributed by atoms with E-state index in [0.29, 0.717) is 42.3 Å². The molecule has 29 heavy (non-hydrogen) atoms. The van der Waals surface area contributed by atoms with E-state index in [2.05, 4.69) is 10.6 Å². The third-order valence-corrected chi connectivity index (χ3v) is 4.78. The molecule has 7 heteroatoms. The zero-order chi connectivity index (χ0) is 20.8. The Kier molecular flexibility index (Phi) is 6.49. The minimum atomic E-state index is -0.569. The highest BCUT2D eigenvalue weighted by Crippen LogP contribution is 2.26. The van der Waals surface area contributed by atoms with Crippen LogP contribution < -0.4 is 15.4 Å². The maximum atomic E-state index is 12.8. The Morgan fingerprint density at radius 1 is 1.10 bits per heavy atom. The van der Waals surface area contributed by atoms with Crippen molar-refractivity contribution >= 4 is 29.1 Å². The molecule has 0 bridgehead atoms. The number of urea groups is 1. The molecule has 0 aromatic heterocycles. The van der Waals surface area contributed by atoms with Gasteiger partial charge < -0.3 is 20.3 Å². The molecule has 1 unspecified atom stereocenters. The normalized spacial score (nSPS) is 15.7. The number of amides is 3. The summed E-state index contributed by atoms with van der Waals surface area (Å²) in [4.78, 5) is 38.7. The molecule has 1 saturated heterocycles. The summed E-state index contributed by atoms with van der Waals surface area (Å²) < 4.78 is 5.55. The number of Topliss-reactive ketones (excluding diaryl/α,β-unsaturated/α-hetero) is 1. The second-order valence-corrected chi connectivity index (χ2v) is 6.84. The van der Waals surface area contributed by atoms with Crippen molar-refractivity contribution in [3.63, 3.8) is 0 Å². The van der Waals surface area contributed by atoms with E-state index in [0.717, 1.165) is 6.42 Å². The maximum Gasteiger partial charge on any atom is 0.322 e. The molecule has 2 N–H and O–H groups in total. The second-order valence-electron chi connectivity index (χ2n) is 6.84. The molecular weight excluding hydrogens is 370 g/mol. The number of anilines is 2. The molecule has 2 aromatic rings. The predicted molar refractivity (Wildman–Crippen MR) is 111 cm³/mol. The zero-order valence-corrected chi connectivity index (χ0v) is 16.6. The van der Waals surface area contributed by atoms with Crippen molar-refractivity contribution in [2.75, 3.05) is 23.8 Å². The van der Waals surface area contributed by atoms with Crippen LogP contribution in [-0.4, -0.2) is 41.8 Å². The SMILES string of the molecule is CCOc1ccccc1NC(=O)C1CCCN1C(=O)Nc1cccc(C(C)=O)c1. The molecule has 0 radical (unpaired) electrons. The number of benzene rings is 2. The van der Waals surface area contributed by atoms with Gasteiger partial charge in [-0.05, 0) is 51.0 Å². The number of hydrogen-bond acceptors (Lipinski definition) is 4. The summed E-state index contributed by atoms with van der Waals surface area (Å²) in [5, 5.41) is 5.67. The van der Waals surface area contributed by atoms with E-state index < -0.39 is 6.04 Å². The van der Waals surface area contributed by atoms with E-state index >= 15 is 0 Å². The highest BCUT2D eigenvalue weighted by molar-refractivity contribution is 6.01. The van der Waals surface area contributed by atoms with E-state index in [9.17, 15) is 14.4 Å². The molecule has 1 aliphatic heterocycles. The van der Waals surface area contributed by atoms with Gasteiger partial charge in [0.25, 0.3) is 0 Å². The molecule has 152 valence electrons. The fraction of sp³-hybridized carbons (Fsp3) is 0.318. The van der Waals surface area contributed by atoms with Gasteiger partial charge in [0.2, 0.25) is 5.91 Å². The third kappa shape index (κ3) is 4.93. The second kappa shape index (κ2) is 9.23. The average Bonchev–Trinajstić information content (AvgIpc) is 3.20. The van der Waals surface area contributed by atoms with Gasteiger partial charge in [-0.15, -0.1) is 0 Å². The van der Waals surface area contributed by atoms with E-state index in [4.69, 9.17) is 4.74 Å². The van der Waals surface area contributed by atoms with Crippen molar-refractivity contribution in [1.29, 1.82) is 0 Å². The van der Waals surface area contributed by atoms with E-state index in [1.807, 2.05) is 19.1 Å². The summed E-state index contributed by atoms with van der Waals surface area (Å²) in [6, 6.07) is 13.0. The lowest BCUT2D eigenvalue weighted by atomic mass is 10.1. The first-order valence-electron chi connectivity index (χ1n) is 9.71. The van der Waals surface area contributed by atoms with Crippen molar-refractivity contribution < 1.29 is 19.1 Å². The van der Waals surface area contributed by atoms with Crippen molar-refractivity contribution in [1.82, 2.24) is 4.90 Å². The van der Waals surface area contributed by atoms with Crippen LogP contribution in [0.2, 0.25) is 0 Å². The van der Waals surface area contributed by atoms with Crippen LogP contribution in [-0.2, 0) is 4.79 Å². The van der Waals surface area contributed by atoms with Gasteiger partial charge in [-0.1, -0.05) is 24.3 Å². The van der Waals surface area contributed by atoms with Crippen LogP contribution in [0, 0.1) is 0 Å². The van der Waals surface area contributed by atoms with Gasteiger partial charge in [-0.2, -0.15) is 0 Å². The van der Waals surface area contributed by atoms with Crippen LogP contribution >= 0.6 is 0 Å². The first-order valence-corrected chi connectivity index (χ1v) is 9.71. The van der Waals surface area contributed by atoms with Gasteiger partial charge in [-0.3, -0.25) is 9.59 Å². The van der Waals surface area contributed by atoms with Crippen molar-refractivity contribution in [3.8, 4) is 5.75 Å². The van der Waals surface area contributed by atoms with Gasteiger partial charge in [0.05, 0.1) is 12.3 Å². The van der Waals surface area contributed by atoms with Crippen molar-refractivity contribution in [3.05, 3.63) is 54.1 Å². The Labute approximate surface area is 170 Å². The van der Waals surface area contributed by atoms with Crippen LogP contribution in [0.3, 0.4) is 0 Å². The van der Waals surface area contributed by atoms with Crippen LogP contribution in [0.25, 0.3) is 0 Å². The van der Waals surface area contributed by atoms with Gasteiger partial charge >= 0.3 is 6.03 Å². The highest BCUT2D eigenvalue weighted by atomic mass is 16.5. The number of nitrogens with zero attached hydrogens (tertiary/aromatic N) is 1. The summed E-state index contributed by atoms with van der Waals surface area (Å²) in [5.41, 5.74) is 1.63. The van der Waals surface area contributed by atoms with Crippen molar-refractivity contribution in [2.24, 2.45) is 0 Å². The van der Waals surface area contributed by atoms with Gasteiger partial charge in [0.15, 0.2) is 5.78 Å². The number of ketones is 1. The van der Waals surface area contributed by atoms with Gasteiger partial charge in [0, 0.05) is 17.8 Å². The molecule has 2 aromatic carbocycles. The molecule has 1 atom stereocenters. The molecule has 0 aliphatic carbocycles. The maximum absolute atomic E-state index is 12.8. The molecule has 0 spiro atoms. The molecule has 3 amide bonds. The number of carbonyl (C=O) groups excluding carboxylic acids is 3. The Balaban J connectivity index is 1.69. The monoisotopic (exact) mass is 395 g/mol. The largest absolute Gasteiger partial charge is 0.492 e. The number of hydrogen-bond donors (Lipinski definition) is 2. The summed E-state index contributed by atoms with van der Waals surface area (Å²) in [7, 11) is 0. The van der Waals surface area contributed by atoms with Gasteiger partial charge in [0.1, 0.15) is 11.8 Å². The van der Waals surface area contributed by atoms with Crippen LogP contribution in [0.15, 0.2) is 48.5 Å². The number of ether oxygens (including phenoxy) is 1. The summed E-state index contributed by atoms with van der Waals surface area (Å²) in [6.45, 7) is 4.33. The van der Waals surface area contributed by atoms with Crippen LogP contribution in [0.5, 0.6) is 5.75 Å². The Hall–Kier alpha value is -3.35. The highest BCUT2D eigenvalue weighted by Gasteiger charge is 2.34. The number of nitrogens with one attached hydrogen (secondary N) is 2. The summed E-state index contributed by atoms with van der Waals surface area (Å²) in [5.74, 6) is 0.271. The molecular formula is C22H25N3O4. The molecule has 1 aliphatic rings. The van der Waals surface area contributed by atoms with E-state index in [-0.39, 0.29) is 17.7 Å². The minimum Gasteiger partial charge on any atom is -0.492 e. The quantitative estimate of drug-likeness (QED) is 0.726. The zero-order valence-electron chi connectivity index (χ0n) is 16.6. The van der Waals surface area contributed by atoms with Gasteiger partial charge in [-0.25, -0.2) is 4.79 Å². The summed E-state index contributed by atoms with van der Waals surface area (Å²) in [6.07, 6.45) is 1.33.